The Bertz CT molecular complexity index is 150. The zero-order chi connectivity index (χ0) is 8.65. The minimum atomic E-state index is -1.26. The van der Waals surface area contributed by atoms with E-state index in [0.717, 1.165) is 0 Å². The number of aliphatic hydroxyl groups is 3. The topological polar surface area (TPSA) is 95.9 Å². The summed E-state index contributed by atoms with van der Waals surface area (Å²) < 4.78 is 4.95. The molecule has 1 rings (SSSR count). The molecule has 0 radical (unpaired) electrons. The smallest absolute Gasteiger partial charge is 0.143 e. The Hall–Kier alpha value is -0.200. The first-order valence-electron chi connectivity index (χ1n) is 3.42. The summed E-state index contributed by atoms with van der Waals surface area (Å²) >= 11 is 0. The van der Waals surface area contributed by atoms with Crippen LogP contribution in [0.4, 0.5) is 0 Å². The Labute approximate surface area is 64.4 Å². The van der Waals surface area contributed by atoms with Crippen molar-refractivity contribution in [2.24, 2.45) is 5.73 Å². The second-order valence-electron chi connectivity index (χ2n) is 2.96. The van der Waals surface area contributed by atoms with Gasteiger partial charge in [0.2, 0.25) is 0 Å². The quantitative estimate of drug-likeness (QED) is 0.351. The van der Waals surface area contributed by atoms with Crippen LogP contribution in [0, 0.1) is 0 Å². The lowest BCUT2D eigenvalue weighted by Gasteiger charge is -2.21. The van der Waals surface area contributed by atoms with Crippen LogP contribution in [-0.4, -0.2) is 46.0 Å². The molecule has 1 heterocycles. The Kier molecular flexibility index (Phi) is 2.17. The molecule has 0 spiro atoms. The fraction of sp³-hybridized carbons (Fsp3) is 1.00. The third-order valence-corrected chi connectivity index (χ3v) is 1.88. The largest absolute Gasteiger partial charge is 0.394 e. The molecule has 0 aliphatic carbocycles. The molecule has 5 N–H and O–H groups in total. The average Bonchev–Trinajstić information content (AvgIpc) is 2.13. The third kappa shape index (κ3) is 1.38. The number of ether oxygens (including phenoxy) is 1. The van der Waals surface area contributed by atoms with Crippen LogP contribution in [0.3, 0.4) is 0 Å². The Morgan fingerprint density at radius 1 is 1.55 bits per heavy atom. The van der Waals surface area contributed by atoms with Gasteiger partial charge in [0.15, 0.2) is 0 Å². The Balaban J connectivity index is 2.69. The van der Waals surface area contributed by atoms with Crippen LogP contribution >= 0.6 is 0 Å². The van der Waals surface area contributed by atoms with Crippen LogP contribution in [0.25, 0.3) is 0 Å². The fourth-order valence-electron chi connectivity index (χ4n) is 1.15. The Morgan fingerprint density at radius 2 is 2.09 bits per heavy atom. The van der Waals surface area contributed by atoms with E-state index in [9.17, 15) is 10.2 Å². The lowest BCUT2D eigenvalue weighted by Crippen LogP contribution is -2.48. The van der Waals surface area contributed by atoms with Gasteiger partial charge < -0.3 is 25.8 Å². The normalized spacial score (nSPS) is 51.5. The summed E-state index contributed by atoms with van der Waals surface area (Å²) in [6, 6.07) is 0. The van der Waals surface area contributed by atoms with E-state index in [1.165, 1.54) is 6.92 Å². The minimum Gasteiger partial charge on any atom is -0.394 e. The van der Waals surface area contributed by atoms with E-state index in [1.54, 1.807) is 0 Å². The molecule has 0 aromatic rings. The van der Waals surface area contributed by atoms with Gasteiger partial charge >= 0.3 is 0 Å². The first-order valence-corrected chi connectivity index (χ1v) is 3.42. The maximum absolute atomic E-state index is 9.22. The van der Waals surface area contributed by atoms with Crippen LogP contribution in [0.1, 0.15) is 6.92 Å². The number of hydrogen-bond donors (Lipinski definition) is 4. The molecule has 4 atom stereocenters. The van der Waals surface area contributed by atoms with Crippen molar-refractivity contribution < 1.29 is 20.1 Å². The highest BCUT2D eigenvalue weighted by Gasteiger charge is 2.48. The molecular weight excluding hydrogens is 150 g/mol. The van der Waals surface area contributed by atoms with Gasteiger partial charge in [0, 0.05) is 0 Å². The third-order valence-electron chi connectivity index (χ3n) is 1.88. The van der Waals surface area contributed by atoms with E-state index >= 15 is 0 Å². The van der Waals surface area contributed by atoms with Crippen molar-refractivity contribution in [3.63, 3.8) is 0 Å². The van der Waals surface area contributed by atoms with Crippen LogP contribution in [0.2, 0.25) is 0 Å². The second kappa shape index (κ2) is 2.69. The molecular formula is C6H13NO4. The van der Waals surface area contributed by atoms with Crippen molar-refractivity contribution in [2.75, 3.05) is 6.61 Å². The summed E-state index contributed by atoms with van der Waals surface area (Å²) in [6.07, 6.45) is -3.02. The van der Waals surface area contributed by atoms with Gasteiger partial charge in [0.25, 0.3) is 0 Å². The zero-order valence-electron chi connectivity index (χ0n) is 6.27. The molecule has 1 aliphatic heterocycles. The number of rotatable bonds is 1. The molecule has 1 aliphatic rings. The molecule has 5 heteroatoms. The van der Waals surface area contributed by atoms with E-state index in [-0.39, 0.29) is 6.61 Å². The first kappa shape index (κ1) is 8.89. The van der Waals surface area contributed by atoms with E-state index in [2.05, 4.69) is 0 Å². The van der Waals surface area contributed by atoms with E-state index < -0.39 is 24.0 Å². The molecule has 1 saturated heterocycles. The predicted molar refractivity (Wildman–Crippen MR) is 36.6 cm³/mol. The van der Waals surface area contributed by atoms with Crippen LogP contribution < -0.4 is 5.73 Å². The predicted octanol–water partition coefficient (Wildman–Crippen LogP) is -2.23. The summed E-state index contributed by atoms with van der Waals surface area (Å²) in [5.41, 5.74) is 4.18. The number of nitrogens with two attached hydrogens (primary N) is 1. The lowest BCUT2D eigenvalue weighted by molar-refractivity contribution is -0.0768. The summed E-state index contributed by atoms with van der Waals surface area (Å²) in [5.74, 6) is 0. The number of aliphatic hydroxyl groups excluding tert-OH is 3. The highest BCUT2D eigenvalue weighted by atomic mass is 16.6. The van der Waals surface area contributed by atoms with Gasteiger partial charge in [-0.2, -0.15) is 0 Å². The molecule has 0 aromatic heterocycles. The Morgan fingerprint density at radius 3 is 2.27 bits per heavy atom. The van der Waals surface area contributed by atoms with E-state index in [4.69, 9.17) is 15.6 Å². The maximum atomic E-state index is 9.22. The zero-order valence-corrected chi connectivity index (χ0v) is 6.27. The van der Waals surface area contributed by atoms with Crippen LogP contribution in [0.5, 0.6) is 0 Å². The van der Waals surface area contributed by atoms with Crippen LogP contribution in [-0.2, 0) is 4.74 Å². The van der Waals surface area contributed by atoms with Crippen molar-refractivity contribution in [3.05, 3.63) is 0 Å². The van der Waals surface area contributed by atoms with Crippen LogP contribution in [0.15, 0.2) is 0 Å². The van der Waals surface area contributed by atoms with Crippen molar-refractivity contribution in [2.45, 2.75) is 31.0 Å². The number of hydrogen-bond acceptors (Lipinski definition) is 5. The average molecular weight is 163 g/mol. The van der Waals surface area contributed by atoms with Gasteiger partial charge in [-0.1, -0.05) is 0 Å². The van der Waals surface area contributed by atoms with Gasteiger partial charge in [0.05, 0.1) is 6.61 Å². The molecule has 66 valence electrons. The summed E-state index contributed by atoms with van der Waals surface area (Å²) in [5, 5.41) is 27.0. The van der Waals surface area contributed by atoms with Crippen molar-refractivity contribution in [1.82, 2.24) is 0 Å². The molecule has 1 fully saturated rings. The van der Waals surface area contributed by atoms with E-state index in [1.807, 2.05) is 0 Å². The monoisotopic (exact) mass is 163 g/mol. The van der Waals surface area contributed by atoms with Gasteiger partial charge in [-0.25, -0.2) is 0 Å². The highest BCUT2D eigenvalue weighted by Crippen LogP contribution is 2.25. The SMILES string of the molecule is C[C@]1(N)O[C@H](CO)C(O)C1O. The molecule has 11 heavy (non-hydrogen) atoms. The van der Waals surface area contributed by atoms with Crippen molar-refractivity contribution in [3.8, 4) is 0 Å². The second-order valence-corrected chi connectivity index (χ2v) is 2.96. The summed E-state index contributed by atoms with van der Waals surface area (Å²) in [7, 11) is 0. The van der Waals surface area contributed by atoms with Gasteiger partial charge in [0.1, 0.15) is 24.0 Å². The van der Waals surface area contributed by atoms with Gasteiger partial charge in [-0.3, -0.25) is 0 Å². The van der Waals surface area contributed by atoms with Gasteiger partial charge in [-0.15, -0.1) is 0 Å². The lowest BCUT2D eigenvalue weighted by atomic mass is 10.1. The molecule has 0 aromatic carbocycles. The molecule has 5 nitrogen and oxygen atoms in total. The molecule has 0 bridgehead atoms. The molecule has 0 saturated carbocycles. The summed E-state index contributed by atoms with van der Waals surface area (Å²) in [6.45, 7) is 1.11. The standard InChI is InChI=1S/C6H13NO4/c1-6(7)5(10)4(9)3(2-8)11-6/h3-5,8-10H,2,7H2,1H3/t3-,4?,5?,6+/m1/s1. The van der Waals surface area contributed by atoms with Crippen molar-refractivity contribution in [1.29, 1.82) is 0 Å². The van der Waals surface area contributed by atoms with Gasteiger partial charge in [-0.05, 0) is 6.92 Å². The van der Waals surface area contributed by atoms with Crippen molar-refractivity contribution >= 4 is 0 Å². The minimum absolute atomic E-state index is 0.342. The maximum Gasteiger partial charge on any atom is 0.143 e. The fourth-order valence-corrected chi connectivity index (χ4v) is 1.15. The summed E-state index contributed by atoms with van der Waals surface area (Å²) in [4.78, 5) is 0. The highest BCUT2D eigenvalue weighted by molar-refractivity contribution is 4.95. The molecule has 2 unspecified atom stereocenters. The molecule has 0 amide bonds. The first-order chi connectivity index (χ1) is 4.99. The van der Waals surface area contributed by atoms with E-state index in [0.29, 0.717) is 0 Å².